The fourth-order valence-corrected chi connectivity index (χ4v) is 2.57. The SMILES string of the molecule is COc1ccc(SCc2ccc(F)c(C#CCO)c2)cc1. The first kappa shape index (κ1) is 15.4. The zero-order chi connectivity index (χ0) is 15.1. The highest BCUT2D eigenvalue weighted by atomic mass is 32.2. The number of aliphatic hydroxyl groups excluding tert-OH is 1. The van der Waals surface area contributed by atoms with E-state index in [9.17, 15) is 4.39 Å². The molecule has 2 aromatic carbocycles. The molecular formula is C17H15FO2S. The summed E-state index contributed by atoms with van der Waals surface area (Å²) in [6.07, 6.45) is 0. The van der Waals surface area contributed by atoms with Gasteiger partial charge in [0.25, 0.3) is 0 Å². The molecule has 0 aliphatic carbocycles. The van der Waals surface area contributed by atoms with Crippen LogP contribution in [0.5, 0.6) is 5.75 Å². The van der Waals surface area contributed by atoms with Gasteiger partial charge in [0.15, 0.2) is 0 Å². The number of aliphatic hydroxyl groups is 1. The number of ether oxygens (including phenoxy) is 1. The molecule has 0 aliphatic rings. The molecule has 2 nitrogen and oxygen atoms in total. The Balaban J connectivity index is 2.05. The average Bonchev–Trinajstić information content (AvgIpc) is 2.53. The molecule has 0 fully saturated rings. The maximum absolute atomic E-state index is 13.5. The Kier molecular flexibility index (Phi) is 5.68. The highest BCUT2D eigenvalue weighted by Gasteiger charge is 2.02. The van der Waals surface area contributed by atoms with Gasteiger partial charge in [-0.05, 0) is 42.0 Å². The van der Waals surface area contributed by atoms with Crippen molar-refractivity contribution in [3.8, 4) is 17.6 Å². The number of thioether (sulfide) groups is 1. The Morgan fingerprint density at radius 2 is 1.95 bits per heavy atom. The highest BCUT2D eigenvalue weighted by molar-refractivity contribution is 7.98. The molecule has 0 saturated carbocycles. The normalized spacial score (nSPS) is 9.86. The second-order valence-electron chi connectivity index (χ2n) is 4.24. The minimum absolute atomic E-state index is 0.274. The quantitative estimate of drug-likeness (QED) is 0.693. The number of hydrogen-bond acceptors (Lipinski definition) is 3. The van der Waals surface area contributed by atoms with Gasteiger partial charge in [-0.2, -0.15) is 0 Å². The summed E-state index contributed by atoms with van der Waals surface area (Å²) in [6, 6.07) is 12.7. The summed E-state index contributed by atoms with van der Waals surface area (Å²) >= 11 is 1.66. The molecule has 0 unspecified atom stereocenters. The highest BCUT2D eigenvalue weighted by Crippen LogP contribution is 2.25. The molecule has 0 saturated heterocycles. The standard InChI is InChI=1S/C17H15FO2S/c1-20-15-5-7-16(8-6-15)21-12-13-4-9-17(18)14(11-13)3-2-10-19/h4-9,11,19H,10,12H2,1H3. The minimum Gasteiger partial charge on any atom is -0.497 e. The van der Waals surface area contributed by atoms with Gasteiger partial charge < -0.3 is 9.84 Å². The molecule has 2 rings (SSSR count). The fraction of sp³-hybridized carbons (Fsp3) is 0.176. The van der Waals surface area contributed by atoms with E-state index in [1.807, 2.05) is 24.3 Å². The van der Waals surface area contributed by atoms with E-state index in [1.165, 1.54) is 6.07 Å². The van der Waals surface area contributed by atoms with Gasteiger partial charge in [0, 0.05) is 10.6 Å². The Hall–Kier alpha value is -1.96. The summed E-state index contributed by atoms with van der Waals surface area (Å²) in [5.41, 5.74) is 1.30. The van der Waals surface area contributed by atoms with Gasteiger partial charge in [0.05, 0.1) is 12.7 Å². The molecule has 1 N–H and O–H groups in total. The van der Waals surface area contributed by atoms with Gasteiger partial charge in [-0.3, -0.25) is 0 Å². The first-order chi connectivity index (χ1) is 10.2. The van der Waals surface area contributed by atoms with Crippen LogP contribution in [0.1, 0.15) is 11.1 Å². The van der Waals surface area contributed by atoms with Crippen LogP contribution in [0.3, 0.4) is 0 Å². The van der Waals surface area contributed by atoms with Crippen LogP contribution in [0.2, 0.25) is 0 Å². The van der Waals surface area contributed by atoms with Crippen molar-refractivity contribution in [3.05, 3.63) is 59.4 Å². The van der Waals surface area contributed by atoms with Crippen molar-refractivity contribution < 1.29 is 14.2 Å². The topological polar surface area (TPSA) is 29.5 Å². The van der Waals surface area contributed by atoms with Crippen molar-refractivity contribution >= 4 is 11.8 Å². The van der Waals surface area contributed by atoms with E-state index >= 15 is 0 Å². The number of benzene rings is 2. The van der Waals surface area contributed by atoms with Crippen LogP contribution in [-0.4, -0.2) is 18.8 Å². The number of rotatable bonds is 4. The molecule has 0 spiro atoms. The molecular weight excluding hydrogens is 287 g/mol. The molecule has 0 heterocycles. The summed E-state index contributed by atoms with van der Waals surface area (Å²) in [7, 11) is 1.63. The van der Waals surface area contributed by atoms with Crippen LogP contribution in [-0.2, 0) is 5.75 Å². The van der Waals surface area contributed by atoms with Gasteiger partial charge >= 0.3 is 0 Å². The van der Waals surface area contributed by atoms with Crippen LogP contribution in [0.15, 0.2) is 47.4 Å². The maximum atomic E-state index is 13.5. The summed E-state index contributed by atoms with van der Waals surface area (Å²) in [5, 5.41) is 8.67. The van der Waals surface area contributed by atoms with E-state index < -0.39 is 0 Å². The van der Waals surface area contributed by atoms with Gasteiger partial charge in [0.1, 0.15) is 18.2 Å². The monoisotopic (exact) mass is 302 g/mol. The molecule has 0 amide bonds. The first-order valence-corrected chi connectivity index (χ1v) is 7.36. The maximum Gasteiger partial charge on any atom is 0.138 e. The molecule has 0 radical (unpaired) electrons. The third-order valence-electron chi connectivity index (χ3n) is 2.80. The summed E-state index contributed by atoms with van der Waals surface area (Å²) < 4.78 is 18.6. The van der Waals surface area contributed by atoms with Gasteiger partial charge in [-0.1, -0.05) is 17.9 Å². The van der Waals surface area contributed by atoms with Crippen molar-refractivity contribution in [3.63, 3.8) is 0 Å². The molecule has 0 aliphatic heterocycles. The summed E-state index contributed by atoms with van der Waals surface area (Å²) in [5.74, 6) is 6.26. The van der Waals surface area contributed by atoms with E-state index in [0.717, 1.165) is 22.0 Å². The first-order valence-electron chi connectivity index (χ1n) is 6.38. The number of halogens is 1. The van der Waals surface area contributed by atoms with Crippen LogP contribution in [0.4, 0.5) is 4.39 Å². The Labute approximate surface area is 128 Å². The van der Waals surface area contributed by atoms with Crippen LogP contribution in [0.25, 0.3) is 0 Å². The smallest absolute Gasteiger partial charge is 0.138 e. The van der Waals surface area contributed by atoms with E-state index in [0.29, 0.717) is 5.56 Å². The lowest BCUT2D eigenvalue weighted by Gasteiger charge is -2.05. The summed E-state index contributed by atoms with van der Waals surface area (Å²) in [6.45, 7) is -0.274. The number of methoxy groups -OCH3 is 1. The van der Waals surface area contributed by atoms with Gasteiger partial charge in [-0.15, -0.1) is 11.8 Å². The fourth-order valence-electron chi connectivity index (χ4n) is 1.73. The second-order valence-corrected chi connectivity index (χ2v) is 5.29. The van der Waals surface area contributed by atoms with Crippen molar-refractivity contribution in [2.75, 3.05) is 13.7 Å². The molecule has 2 aromatic rings. The molecule has 21 heavy (non-hydrogen) atoms. The molecule has 0 bridgehead atoms. The third kappa shape index (κ3) is 4.52. The van der Waals surface area contributed by atoms with Crippen molar-refractivity contribution in [1.29, 1.82) is 0 Å². The van der Waals surface area contributed by atoms with Crippen LogP contribution >= 0.6 is 11.8 Å². The van der Waals surface area contributed by atoms with Crippen molar-refractivity contribution in [2.24, 2.45) is 0 Å². The summed E-state index contributed by atoms with van der Waals surface area (Å²) in [4.78, 5) is 1.11. The zero-order valence-electron chi connectivity index (χ0n) is 11.6. The molecule has 0 aromatic heterocycles. The van der Waals surface area contributed by atoms with Gasteiger partial charge in [0.2, 0.25) is 0 Å². The Morgan fingerprint density at radius 1 is 1.19 bits per heavy atom. The van der Waals surface area contributed by atoms with Crippen LogP contribution in [0, 0.1) is 17.7 Å². The van der Waals surface area contributed by atoms with Crippen molar-refractivity contribution in [1.82, 2.24) is 0 Å². The van der Waals surface area contributed by atoms with E-state index in [-0.39, 0.29) is 12.4 Å². The zero-order valence-corrected chi connectivity index (χ0v) is 12.4. The molecule has 108 valence electrons. The van der Waals surface area contributed by atoms with Gasteiger partial charge in [-0.25, -0.2) is 4.39 Å². The largest absolute Gasteiger partial charge is 0.497 e. The number of hydrogen-bond donors (Lipinski definition) is 1. The van der Waals surface area contributed by atoms with E-state index in [1.54, 1.807) is 31.0 Å². The molecule has 0 atom stereocenters. The third-order valence-corrected chi connectivity index (χ3v) is 3.88. The average molecular weight is 302 g/mol. The second kappa shape index (κ2) is 7.72. The van der Waals surface area contributed by atoms with Crippen molar-refractivity contribution in [2.45, 2.75) is 10.6 Å². The van der Waals surface area contributed by atoms with Crippen LogP contribution < -0.4 is 4.74 Å². The van der Waals surface area contributed by atoms with E-state index in [2.05, 4.69) is 11.8 Å². The Morgan fingerprint density at radius 3 is 2.62 bits per heavy atom. The predicted octanol–water partition coefficient (Wildman–Crippen LogP) is 3.47. The lowest BCUT2D eigenvalue weighted by Crippen LogP contribution is -1.89. The Bertz CT molecular complexity index is 657. The molecule has 4 heteroatoms. The van der Waals surface area contributed by atoms with E-state index in [4.69, 9.17) is 9.84 Å². The lowest BCUT2D eigenvalue weighted by atomic mass is 10.1. The minimum atomic E-state index is -0.367. The predicted molar refractivity (Wildman–Crippen MR) is 82.9 cm³/mol. The lowest BCUT2D eigenvalue weighted by molar-refractivity contribution is 0.350.